The predicted molar refractivity (Wildman–Crippen MR) is 104 cm³/mol. The van der Waals surface area contributed by atoms with E-state index in [0.29, 0.717) is 13.2 Å². The molecule has 2 aliphatic heterocycles. The Hall–Kier alpha value is -1.63. The summed E-state index contributed by atoms with van der Waals surface area (Å²) >= 11 is 0. The summed E-state index contributed by atoms with van der Waals surface area (Å²) in [4.78, 5) is 17.3. The number of rotatable bonds is 6. The first-order valence-electron chi connectivity index (χ1n) is 9.79. The fourth-order valence-electron chi connectivity index (χ4n) is 3.89. The molecule has 3 N–H and O–H groups in total. The Kier molecular flexibility index (Phi) is 6.88. The molecule has 0 spiro atoms. The van der Waals surface area contributed by atoms with Gasteiger partial charge in [-0.3, -0.25) is 9.69 Å². The van der Waals surface area contributed by atoms with Gasteiger partial charge in [0.1, 0.15) is 0 Å². The highest BCUT2D eigenvalue weighted by Gasteiger charge is 2.28. The van der Waals surface area contributed by atoms with Crippen molar-refractivity contribution in [3.8, 4) is 0 Å². The highest BCUT2D eigenvalue weighted by molar-refractivity contribution is 5.82. The molecule has 2 saturated heterocycles. The van der Waals surface area contributed by atoms with Gasteiger partial charge in [0, 0.05) is 57.7 Å². The Morgan fingerprint density at radius 1 is 1.19 bits per heavy atom. The van der Waals surface area contributed by atoms with E-state index < -0.39 is 6.04 Å². The molecular formula is C20H32N4O2. The van der Waals surface area contributed by atoms with Crippen LogP contribution in [-0.4, -0.2) is 68.8 Å². The van der Waals surface area contributed by atoms with Gasteiger partial charge in [-0.1, -0.05) is 18.2 Å². The first-order valence-corrected chi connectivity index (χ1v) is 9.79. The van der Waals surface area contributed by atoms with Gasteiger partial charge >= 0.3 is 0 Å². The first-order chi connectivity index (χ1) is 12.6. The lowest BCUT2D eigenvalue weighted by atomic mass is 9.91. The monoisotopic (exact) mass is 360 g/mol. The van der Waals surface area contributed by atoms with Gasteiger partial charge in [-0.25, -0.2) is 0 Å². The van der Waals surface area contributed by atoms with Crippen molar-refractivity contribution in [1.82, 2.24) is 10.2 Å². The van der Waals surface area contributed by atoms with Gasteiger partial charge in [0.15, 0.2) is 0 Å². The Labute approximate surface area is 156 Å². The lowest BCUT2D eigenvalue weighted by molar-refractivity contribution is -0.125. The molecular weight excluding hydrogens is 328 g/mol. The number of carbonyl (C=O) groups is 1. The summed E-state index contributed by atoms with van der Waals surface area (Å²) < 4.78 is 5.35. The maximum atomic E-state index is 12.4. The van der Waals surface area contributed by atoms with E-state index in [2.05, 4.69) is 52.4 Å². The van der Waals surface area contributed by atoms with Crippen molar-refractivity contribution in [2.24, 2.45) is 11.7 Å². The Morgan fingerprint density at radius 2 is 1.85 bits per heavy atom. The third-order valence-electron chi connectivity index (χ3n) is 5.49. The van der Waals surface area contributed by atoms with E-state index in [1.54, 1.807) is 0 Å². The van der Waals surface area contributed by atoms with Crippen LogP contribution in [0.2, 0.25) is 0 Å². The molecule has 0 bridgehead atoms. The topological polar surface area (TPSA) is 70.8 Å². The van der Waals surface area contributed by atoms with Crippen LogP contribution < -0.4 is 16.0 Å². The minimum atomic E-state index is -0.420. The number of para-hydroxylation sites is 1. The number of benzene rings is 1. The van der Waals surface area contributed by atoms with Gasteiger partial charge in [-0.2, -0.15) is 0 Å². The maximum Gasteiger partial charge on any atom is 0.237 e. The van der Waals surface area contributed by atoms with Crippen molar-refractivity contribution in [3.63, 3.8) is 0 Å². The van der Waals surface area contributed by atoms with Crippen molar-refractivity contribution in [2.45, 2.75) is 31.8 Å². The summed E-state index contributed by atoms with van der Waals surface area (Å²) in [7, 11) is 0. The van der Waals surface area contributed by atoms with Gasteiger partial charge in [0.25, 0.3) is 0 Å². The smallest absolute Gasteiger partial charge is 0.237 e. The molecule has 1 aromatic rings. The van der Waals surface area contributed by atoms with Gasteiger partial charge in [0.2, 0.25) is 5.91 Å². The number of anilines is 1. The number of amides is 1. The predicted octanol–water partition coefficient (Wildman–Crippen LogP) is 1.07. The second kappa shape index (κ2) is 9.35. The number of nitrogens with zero attached hydrogens (tertiary/aromatic N) is 2. The van der Waals surface area contributed by atoms with Gasteiger partial charge in [-0.05, 0) is 37.8 Å². The molecule has 0 aromatic heterocycles. The molecule has 2 aliphatic rings. The van der Waals surface area contributed by atoms with E-state index in [1.165, 1.54) is 5.69 Å². The van der Waals surface area contributed by atoms with Crippen molar-refractivity contribution in [2.75, 3.05) is 50.8 Å². The van der Waals surface area contributed by atoms with E-state index in [9.17, 15) is 4.79 Å². The number of piperazine rings is 1. The lowest BCUT2D eigenvalue weighted by Gasteiger charge is -2.37. The summed E-state index contributed by atoms with van der Waals surface area (Å²) in [6, 6.07) is 10.2. The van der Waals surface area contributed by atoms with Crippen LogP contribution in [0.25, 0.3) is 0 Å². The molecule has 6 heteroatoms. The molecule has 0 aliphatic carbocycles. The van der Waals surface area contributed by atoms with Crippen LogP contribution in [0.15, 0.2) is 30.3 Å². The molecule has 2 unspecified atom stereocenters. The Balaban J connectivity index is 1.39. The molecule has 0 saturated carbocycles. The molecule has 1 amide bonds. The quantitative estimate of drug-likeness (QED) is 0.794. The van der Waals surface area contributed by atoms with E-state index in [4.69, 9.17) is 10.5 Å². The van der Waals surface area contributed by atoms with Gasteiger partial charge in [-0.15, -0.1) is 0 Å². The molecule has 1 aromatic carbocycles. The van der Waals surface area contributed by atoms with Crippen LogP contribution in [0.5, 0.6) is 0 Å². The van der Waals surface area contributed by atoms with Crippen LogP contribution in [-0.2, 0) is 9.53 Å². The van der Waals surface area contributed by atoms with E-state index in [1.807, 2.05) is 0 Å². The fourth-order valence-corrected chi connectivity index (χ4v) is 3.89. The van der Waals surface area contributed by atoms with Crippen molar-refractivity contribution in [3.05, 3.63) is 30.3 Å². The number of hydrogen-bond acceptors (Lipinski definition) is 5. The van der Waals surface area contributed by atoms with E-state index in [0.717, 1.165) is 45.6 Å². The van der Waals surface area contributed by atoms with Crippen LogP contribution in [0.4, 0.5) is 5.69 Å². The zero-order valence-corrected chi connectivity index (χ0v) is 15.8. The zero-order chi connectivity index (χ0) is 18.4. The summed E-state index contributed by atoms with van der Waals surface area (Å²) in [5, 5.41) is 3.11. The van der Waals surface area contributed by atoms with Crippen molar-refractivity contribution >= 4 is 11.6 Å². The zero-order valence-electron chi connectivity index (χ0n) is 15.8. The fraction of sp³-hybridized carbons (Fsp3) is 0.650. The average Bonchev–Trinajstić information content (AvgIpc) is 2.69. The van der Waals surface area contributed by atoms with E-state index >= 15 is 0 Å². The number of ether oxygens (including phenoxy) is 1. The standard InChI is InChI=1S/C20H32N4O2/c1-16(22-20(25)19(21)17-7-13-26-14-8-17)15-23-9-11-24(12-10-23)18-5-3-2-4-6-18/h2-6,16-17,19H,7-15,21H2,1H3,(H,22,25). The third kappa shape index (κ3) is 5.19. The Bertz CT molecular complexity index is 554. The number of hydrogen-bond donors (Lipinski definition) is 2. The number of nitrogens with two attached hydrogens (primary N) is 1. The van der Waals surface area contributed by atoms with E-state index in [-0.39, 0.29) is 17.9 Å². The molecule has 144 valence electrons. The average molecular weight is 361 g/mol. The van der Waals surface area contributed by atoms with Gasteiger partial charge < -0.3 is 20.7 Å². The first kappa shape index (κ1) is 19.1. The summed E-state index contributed by atoms with van der Waals surface area (Å²) in [5.74, 6) is 0.220. The number of carbonyl (C=O) groups excluding carboxylic acids is 1. The second-order valence-electron chi connectivity index (χ2n) is 7.51. The molecule has 2 heterocycles. The SMILES string of the molecule is CC(CN1CCN(c2ccccc2)CC1)NC(=O)C(N)C1CCOCC1. The van der Waals surface area contributed by atoms with Gasteiger partial charge in [0.05, 0.1) is 6.04 Å². The number of nitrogens with one attached hydrogen (secondary N) is 1. The summed E-state index contributed by atoms with van der Waals surface area (Å²) in [6.07, 6.45) is 1.76. The lowest BCUT2D eigenvalue weighted by Crippen LogP contribution is -2.54. The molecule has 2 fully saturated rings. The van der Waals surface area contributed by atoms with Crippen molar-refractivity contribution < 1.29 is 9.53 Å². The summed E-state index contributed by atoms with van der Waals surface area (Å²) in [6.45, 7) is 8.44. The minimum Gasteiger partial charge on any atom is -0.381 e. The molecule has 6 nitrogen and oxygen atoms in total. The molecule has 26 heavy (non-hydrogen) atoms. The van der Waals surface area contributed by atoms with Crippen LogP contribution in [0.3, 0.4) is 0 Å². The van der Waals surface area contributed by atoms with Crippen LogP contribution in [0.1, 0.15) is 19.8 Å². The van der Waals surface area contributed by atoms with Crippen LogP contribution in [0, 0.1) is 5.92 Å². The molecule has 2 atom stereocenters. The maximum absolute atomic E-state index is 12.4. The molecule has 0 radical (unpaired) electrons. The third-order valence-corrected chi connectivity index (χ3v) is 5.49. The highest BCUT2D eigenvalue weighted by Crippen LogP contribution is 2.18. The molecule has 3 rings (SSSR count). The van der Waals surface area contributed by atoms with Crippen molar-refractivity contribution in [1.29, 1.82) is 0 Å². The van der Waals surface area contributed by atoms with Crippen LogP contribution >= 0.6 is 0 Å². The largest absolute Gasteiger partial charge is 0.381 e. The Morgan fingerprint density at radius 3 is 2.50 bits per heavy atom. The highest BCUT2D eigenvalue weighted by atomic mass is 16.5. The second-order valence-corrected chi connectivity index (χ2v) is 7.51. The normalized spacial score (nSPS) is 22.0. The minimum absolute atomic E-state index is 0.0210. The summed E-state index contributed by atoms with van der Waals surface area (Å²) in [5.41, 5.74) is 7.46.